The first kappa shape index (κ1) is 13.8. The van der Waals surface area contributed by atoms with Gasteiger partial charge in [-0.05, 0) is 32.9 Å². The highest BCUT2D eigenvalue weighted by Crippen LogP contribution is 2.24. The molecule has 6 nitrogen and oxygen atoms in total. The number of rotatable bonds is 2. The third-order valence-corrected chi connectivity index (χ3v) is 1.72. The van der Waals surface area contributed by atoms with Crippen molar-refractivity contribution in [3.8, 4) is 5.75 Å². The molecule has 18 heavy (non-hydrogen) atoms. The van der Waals surface area contributed by atoms with Crippen molar-refractivity contribution in [1.82, 2.24) is 0 Å². The van der Waals surface area contributed by atoms with Crippen LogP contribution in [0.1, 0.15) is 20.8 Å². The fraction of sp³-hybridized carbons (Fsp3) is 0.333. The Morgan fingerprint density at radius 1 is 1.17 bits per heavy atom. The van der Waals surface area contributed by atoms with E-state index in [0.29, 0.717) is 0 Å². The van der Waals surface area contributed by atoms with Gasteiger partial charge in [-0.2, -0.15) is 9.90 Å². The van der Waals surface area contributed by atoms with Crippen LogP contribution in [0.4, 0.5) is 15.3 Å². The van der Waals surface area contributed by atoms with Crippen LogP contribution >= 0.6 is 0 Å². The van der Waals surface area contributed by atoms with Gasteiger partial charge in [-0.25, -0.2) is 4.79 Å². The highest BCUT2D eigenvalue weighted by molar-refractivity contribution is 5.87. The Bertz CT molecular complexity index is 450. The van der Waals surface area contributed by atoms with Crippen LogP contribution in [0.25, 0.3) is 0 Å². The second-order valence-electron chi connectivity index (χ2n) is 4.48. The van der Waals surface area contributed by atoms with E-state index in [1.54, 1.807) is 32.9 Å². The third kappa shape index (κ3) is 4.73. The first-order chi connectivity index (χ1) is 8.28. The molecule has 1 amide bonds. The maximum Gasteiger partial charge on any atom is 0.555 e. The molecule has 0 aromatic heterocycles. The summed E-state index contributed by atoms with van der Waals surface area (Å²) in [5.41, 5.74) is -0.454. The van der Waals surface area contributed by atoms with Crippen LogP contribution in [0.2, 0.25) is 0 Å². The lowest BCUT2D eigenvalue weighted by Crippen LogP contribution is -2.27. The van der Waals surface area contributed by atoms with Crippen LogP contribution in [-0.2, 0) is 9.84 Å². The summed E-state index contributed by atoms with van der Waals surface area (Å²) in [6.45, 7) is 5.16. The number of hydrogen-bond acceptors (Lipinski definition) is 4. The molecular weight excluding hydrogens is 238 g/mol. The summed E-state index contributed by atoms with van der Waals surface area (Å²) in [6, 6.07) is 6.07. The number of amides is 1. The molecule has 1 radical (unpaired) electrons. The van der Waals surface area contributed by atoms with Crippen LogP contribution in [-0.4, -0.2) is 17.8 Å². The van der Waals surface area contributed by atoms with Crippen molar-refractivity contribution in [3.63, 3.8) is 0 Å². The maximum absolute atomic E-state index is 11.5. The van der Waals surface area contributed by atoms with Gasteiger partial charge >= 0.3 is 12.2 Å². The minimum Gasteiger partial charge on any atom is -0.444 e. The molecule has 0 saturated carbocycles. The highest BCUT2D eigenvalue weighted by atomic mass is 16.7. The highest BCUT2D eigenvalue weighted by Gasteiger charge is 2.18. The maximum atomic E-state index is 11.5. The van der Waals surface area contributed by atoms with Crippen molar-refractivity contribution in [2.75, 3.05) is 5.32 Å². The van der Waals surface area contributed by atoms with Crippen molar-refractivity contribution < 1.29 is 24.2 Å². The molecule has 0 aliphatic carbocycles. The normalized spacial score (nSPS) is 10.6. The third-order valence-electron chi connectivity index (χ3n) is 1.72. The Morgan fingerprint density at radius 2 is 1.78 bits per heavy atom. The lowest BCUT2D eigenvalue weighted by molar-refractivity contribution is 0.0634. The molecule has 1 aromatic rings. The van der Waals surface area contributed by atoms with Gasteiger partial charge in [0.25, 0.3) is 0 Å². The summed E-state index contributed by atoms with van der Waals surface area (Å²) in [7, 11) is 0. The van der Waals surface area contributed by atoms with Gasteiger partial charge in [0.1, 0.15) is 5.60 Å². The minimum absolute atomic E-state index is 0.0247. The molecule has 1 rings (SSSR count). The van der Waals surface area contributed by atoms with Crippen molar-refractivity contribution >= 4 is 17.9 Å². The van der Waals surface area contributed by atoms with Crippen LogP contribution in [0, 0.1) is 0 Å². The van der Waals surface area contributed by atoms with E-state index in [-0.39, 0.29) is 11.4 Å². The van der Waals surface area contributed by atoms with E-state index < -0.39 is 17.8 Å². The molecule has 97 valence electrons. The van der Waals surface area contributed by atoms with Gasteiger partial charge in [-0.1, -0.05) is 12.1 Å². The molecule has 0 unspecified atom stereocenters. The molecule has 0 fully saturated rings. The van der Waals surface area contributed by atoms with Crippen LogP contribution in [0.5, 0.6) is 5.75 Å². The molecule has 0 heterocycles. The minimum atomic E-state index is -1.70. The first-order valence-electron chi connectivity index (χ1n) is 5.26. The molecule has 0 bridgehead atoms. The van der Waals surface area contributed by atoms with Crippen molar-refractivity contribution in [3.05, 3.63) is 24.3 Å². The quantitative estimate of drug-likeness (QED) is 0.647. The van der Waals surface area contributed by atoms with Gasteiger partial charge in [-0.3, -0.25) is 5.32 Å². The van der Waals surface area contributed by atoms with Crippen molar-refractivity contribution in [2.24, 2.45) is 0 Å². The van der Waals surface area contributed by atoms with E-state index in [1.807, 2.05) is 0 Å². The van der Waals surface area contributed by atoms with E-state index >= 15 is 0 Å². The van der Waals surface area contributed by atoms with E-state index in [0.717, 1.165) is 0 Å². The van der Waals surface area contributed by atoms with Crippen molar-refractivity contribution in [1.29, 1.82) is 0 Å². The van der Waals surface area contributed by atoms with Crippen molar-refractivity contribution in [2.45, 2.75) is 26.4 Å². The van der Waals surface area contributed by atoms with Gasteiger partial charge in [0.05, 0.1) is 5.69 Å². The zero-order valence-corrected chi connectivity index (χ0v) is 10.4. The smallest absolute Gasteiger partial charge is 0.444 e. The molecule has 0 spiro atoms. The zero-order valence-electron chi connectivity index (χ0n) is 10.4. The van der Waals surface area contributed by atoms with Crippen LogP contribution in [0.15, 0.2) is 24.3 Å². The number of ether oxygens (including phenoxy) is 2. The van der Waals surface area contributed by atoms with E-state index in [2.05, 4.69) is 10.1 Å². The summed E-state index contributed by atoms with van der Waals surface area (Å²) in [4.78, 5) is 21.9. The Labute approximate surface area is 105 Å². The topological polar surface area (TPSA) is 84.5 Å². The number of carbonyl (C=O) groups is 2. The number of nitrogens with one attached hydrogen (secondary N) is 1. The summed E-state index contributed by atoms with van der Waals surface area (Å²) in [5.74, 6) is -0.0247. The van der Waals surface area contributed by atoms with Gasteiger partial charge < -0.3 is 9.47 Å². The number of benzene rings is 1. The molecule has 6 heteroatoms. The van der Waals surface area contributed by atoms with Gasteiger partial charge in [-0.15, -0.1) is 0 Å². The molecule has 1 N–H and O–H groups in total. The monoisotopic (exact) mass is 252 g/mol. The lowest BCUT2D eigenvalue weighted by atomic mass is 10.2. The van der Waals surface area contributed by atoms with E-state index in [9.17, 15) is 14.7 Å². The van der Waals surface area contributed by atoms with Crippen LogP contribution < -0.4 is 10.1 Å². The summed E-state index contributed by atoms with van der Waals surface area (Å²) < 4.78 is 9.44. The summed E-state index contributed by atoms with van der Waals surface area (Å²) in [6.07, 6.45) is -2.40. The van der Waals surface area contributed by atoms with Crippen LogP contribution in [0.3, 0.4) is 0 Å². The average Bonchev–Trinajstić information content (AvgIpc) is 2.17. The molecular formula is C12H14NO5. The second-order valence-corrected chi connectivity index (χ2v) is 4.48. The first-order valence-corrected chi connectivity index (χ1v) is 5.26. The molecule has 0 atom stereocenters. The number of para-hydroxylation sites is 2. The molecule has 0 aliphatic heterocycles. The number of carbonyl (C=O) groups excluding carboxylic acids is 2. The fourth-order valence-electron chi connectivity index (χ4n) is 1.16. The summed E-state index contributed by atoms with van der Waals surface area (Å²) >= 11 is 0. The van der Waals surface area contributed by atoms with Gasteiger partial charge in [0.2, 0.25) is 0 Å². The zero-order chi connectivity index (χ0) is 13.8. The average molecular weight is 252 g/mol. The molecule has 1 aromatic carbocycles. The number of anilines is 1. The van der Waals surface area contributed by atoms with E-state index in [4.69, 9.17) is 4.74 Å². The fourth-order valence-corrected chi connectivity index (χ4v) is 1.16. The van der Waals surface area contributed by atoms with Gasteiger partial charge in [0.15, 0.2) is 5.75 Å². The SMILES string of the molecule is CC(C)(C)OC(=O)Nc1ccccc1OC([O])=O. The predicted octanol–water partition coefficient (Wildman–Crippen LogP) is 2.96. The Kier molecular flexibility index (Phi) is 4.14. The standard InChI is InChI=1S/C12H14NO5/c1-12(2,3)18-10(14)13-8-6-4-5-7-9(8)17-11(15)16/h4-7H,1-3H3,(H,13,14). The Morgan fingerprint density at radius 3 is 2.33 bits per heavy atom. The largest absolute Gasteiger partial charge is 0.555 e. The predicted molar refractivity (Wildman–Crippen MR) is 63.0 cm³/mol. The summed E-state index contributed by atoms with van der Waals surface area (Å²) in [5, 5.41) is 12.8. The Hall–Kier alpha value is -2.24. The van der Waals surface area contributed by atoms with Gasteiger partial charge in [0, 0.05) is 0 Å². The molecule has 0 saturated heterocycles. The van der Waals surface area contributed by atoms with E-state index in [1.165, 1.54) is 12.1 Å². The second kappa shape index (κ2) is 5.39. The Balaban J connectivity index is 2.78. The molecule has 0 aliphatic rings. The number of hydrogen-bond donors (Lipinski definition) is 1. The lowest BCUT2D eigenvalue weighted by Gasteiger charge is -2.20.